The Hall–Kier alpha value is -4.12. The molecule has 1 aliphatic carbocycles. The number of benzene rings is 1. The van der Waals surface area contributed by atoms with Gasteiger partial charge < -0.3 is 25.6 Å². The molecule has 206 valence electrons. The van der Waals surface area contributed by atoms with Crippen LogP contribution in [0.4, 0.5) is 16.3 Å². The molecule has 5 rings (SSSR count). The van der Waals surface area contributed by atoms with E-state index in [-0.39, 0.29) is 18.0 Å². The average molecular weight is 533 g/mol. The van der Waals surface area contributed by atoms with Gasteiger partial charge in [0.1, 0.15) is 16.9 Å². The zero-order chi connectivity index (χ0) is 27.2. The Labute approximate surface area is 228 Å². The number of anilines is 2. The minimum absolute atomic E-state index is 0.0494. The lowest BCUT2D eigenvalue weighted by atomic mass is 10.1. The minimum Gasteiger partial charge on any atom is -0.456 e. The van der Waals surface area contributed by atoms with Crippen LogP contribution in [0.1, 0.15) is 32.6 Å². The Balaban J connectivity index is 1.23. The zero-order valence-corrected chi connectivity index (χ0v) is 22.4. The van der Waals surface area contributed by atoms with Gasteiger partial charge >= 0.3 is 6.03 Å². The lowest BCUT2D eigenvalue weighted by Gasteiger charge is -2.32. The first-order chi connectivity index (χ1) is 19.0. The topological polar surface area (TPSA) is 128 Å². The van der Waals surface area contributed by atoms with Crippen molar-refractivity contribution in [3.05, 3.63) is 48.7 Å². The summed E-state index contributed by atoms with van der Waals surface area (Å²) in [4.78, 5) is 33.2. The number of nitrogens with zero attached hydrogens (tertiary/aromatic N) is 4. The van der Waals surface area contributed by atoms with E-state index in [9.17, 15) is 9.59 Å². The molecule has 4 N–H and O–H groups in total. The number of carbonyl (C=O) groups excluding carboxylic acids is 2. The van der Waals surface area contributed by atoms with Crippen LogP contribution in [0.15, 0.2) is 48.7 Å². The number of aromatic nitrogens is 3. The molecule has 0 unspecified atom stereocenters. The first-order valence-electron chi connectivity index (χ1n) is 13.6. The number of rotatable bonds is 10. The number of fused-ring (bicyclic) bond motifs is 1. The van der Waals surface area contributed by atoms with Gasteiger partial charge in [0.2, 0.25) is 5.91 Å². The summed E-state index contributed by atoms with van der Waals surface area (Å²) >= 11 is 0. The van der Waals surface area contributed by atoms with E-state index < -0.39 is 0 Å². The number of likely N-dealkylation sites (N-methyl/N-ethyl adjacent to an activating group) is 1. The molecule has 2 aliphatic rings. The van der Waals surface area contributed by atoms with Crippen LogP contribution >= 0.6 is 0 Å². The van der Waals surface area contributed by atoms with Crippen LogP contribution in [0.2, 0.25) is 0 Å². The molecule has 3 aromatic rings. The van der Waals surface area contributed by atoms with Gasteiger partial charge in [-0.15, -0.1) is 0 Å². The van der Waals surface area contributed by atoms with E-state index >= 15 is 0 Å². The summed E-state index contributed by atoms with van der Waals surface area (Å²) in [7, 11) is 2.11. The van der Waals surface area contributed by atoms with Crippen LogP contribution in [-0.2, 0) is 4.79 Å². The van der Waals surface area contributed by atoms with Crippen LogP contribution in [0.25, 0.3) is 11.0 Å². The van der Waals surface area contributed by atoms with Gasteiger partial charge in [-0.3, -0.25) is 14.8 Å². The SMILES string of the molecule is CCNC(=O)Nc1ccc(Oc2ccnc3[nH]nc(N[C@@H]4CCCN(C(=O)C=CCN(C)C5CC5)C4)c23)cc1. The van der Waals surface area contributed by atoms with Crippen molar-refractivity contribution in [2.45, 2.75) is 44.7 Å². The number of hydrogen-bond acceptors (Lipinski definition) is 7. The van der Waals surface area contributed by atoms with Gasteiger partial charge in [-0.25, -0.2) is 9.78 Å². The number of likely N-dealkylation sites (tertiary alicyclic amines) is 1. The van der Waals surface area contributed by atoms with E-state index in [0.717, 1.165) is 31.3 Å². The molecule has 0 spiro atoms. The summed E-state index contributed by atoms with van der Waals surface area (Å²) in [6, 6.07) is 9.43. The highest BCUT2D eigenvalue weighted by molar-refractivity contribution is 5.93. The second-order valence-corrected chi connectivity index (χ2v) is 10.1. The predicted octanol–water partition coefficient (Wildman–Crippen LogP) is 3.94. The van der Waals surface area contributed by atoms with Crippen LogP contribution in [0.3, 0.4) is 0 Å². The number of urea groups is 1. The maximum Gasteiger partial charge on any atom is 0.319 e. The van der Waals surface area contributed by atoms with Crippen LogP contribution in [0.5, 0.6) is 11.5 Å². The normalized spacial score (nSPS) is 17.5. The van der Waals surface area contributed by atoms with E-state index in [2.05, 4.69) is 43.1 Å². The number of hydrogen-bond donors (Lipinski definition) is 4. The zero-order valence-electron chi connectivity index (χ0n) is 22.4. The van der Waals surface area contributed by atoms with Gasteiger partial charge in [0, 0.05) is 62.3 Å². The lowest BCUT2D eigenvalue weighted by molar-refractivity contribution is -0.127. The van der Waals surface area contributed by atoms with E-state index in [1.807, 2.05) is 17.9 Å². The quantitative estimate of drug-likeness (QED) is 0.291. The molecule has 1 saturated carbocycles. The molecular weight excluding hydrogens is 496 g/mol. The summed E-state index contributed by atoms with van der Waals surface area (Å²) < 4.78 is 6.19. The highest BCUT2D eigenvalue weighted by atomic mass is 16.5. The van der Waals surface area contributed by atoms with Crippen molar-refractivity contribution < 1.29 is 14.3 Å². The predicted molar refractivity (Wildman–Crippen MR) is 151 cm³/mol. The van der Waals surface area contributed by atoms with Gasteiger partial charge in [0.15, 0.2) is 11.5 Å². The summed E-state index contributed by atoms with van der Waals surface area (Å²) in [5.41, 5.74) is 1.27. The molecule has 2 fully saturated rings. The van der Waals surface area contributed by atoms with E-state index in [1.54, 1.807) is 42.6 Å². The standard InChI is InChI=1S/C28H36N8O3/c1-3-29-28(38)32-19-8-12-22(13-9-19)39-23-14-15-30-26-25(23)27(34-33-26)31-20-6-4-17-36(18-20)24(37)7-5-16-35(2)21-10-11-21/h5,7-9,12-15,20-21H,3-4,6,10-11,16-18H2,1-2H3,(H2,29,32,38)(H2,30,31,33,34)/t20-/m1/s1. The molecule has 39 heavy (non-hydrogen) atoms. The maximum absolute atomic E-state index is 12.8. The molecular formula is C28H36N8O3. The van der Waals surface area contributed by atoms with E-state index in [1.165, 1.54) is 12.8 Å². The monoisotopic (exact) mass is 532 g/mol. The number of aromatic amines is 1. The minimum atomic E-state index is -0.253. The van der Waals surface area contributed by atoms with Gasteiger partial charge in [-0.05, 0) is 63.9 Å². The third-order valence-electron chi connectivity index (χ3n) is 7.00. The number of carbonyl (C=O) groups is 2. The number of ether oxygens (including phenoxy) is 1. The van der Waals surface area contributed by atoms with Crippen molar-refractivity contribution in [3.63, 3.8) is 0 Å². The fourth-order valence-corrected chi connectivity index (χ4v) is 4.76. The Bertz CT molecular complexity index is 1320. The van der Waals surface area contributed by atoms with Crippen LogP contribution in [-0.4, -0.2) is 82.2 Å². The highest BCUT2D eigenvalue weighted by Gasteiger charge is 2.26. The second kappa shape index (κ2) is 12.2. The largest absolute Gasteiger partial charge is 0.456 e. The van der Waals surface area contributed by atoms with Gasteiger partial charge in [-0.1, -0.05) is 6.08 Å². The average Bonchev–Trinajstić information content (AvgIpc) is 3.71. The first-order valence-corrected chi connectivity index (χ1v) is 13.6. The first kappa shape index (κ1) is 26.5. The second-order valence-electron chi connectivity index (χ2n) is 10.1. The van der Waals surface area contributed by atoms with Crippen molar-refractivity contribution in [2.75, 3.05) is 43.9 Å². The number of piperidine rings is 1. The summed E-state index contributed by atoms with van der Waals surface area (Å²) in [5, 5.41) is 17.2. The number of nitrogens with one attached hydrogen (secondary N) is 4. The molecule has 11 heteroatoms. The third kappa shape index (κ3) is 6.85. The number of H-pyrrole nitrogens is 1. The summed E-state index contributed by atoms with van der Waals surface area (Å²) in [5.74, 6) is 1.91. The summed E-state index contributed by atoms with van der Waals surface area (Å²) in [6.45, 7) is 4.57. The van der Waals surface area contributed by atoms with Gasteiger partial charge in [-0.2, -0.15) is 5.10 Å². The van der Waals surface area contributed by atoms with E-state index in [4.69, 9.17) is 4.74 Å². The van der Waals surface area contributed by atoms with Crippen molar-refractivity contribution in [1.82, 2.24) is 30.3 Å². The lowest BCUT2D eigenvalue weighted by Crippen LogP contribution is -2.44. The Kier molecular flexibility index (Phi) is 8.26. The van der Waals surface area contributed by atoms with Crippen LogP contribution in [0, 0.1) is 0 Å². The van der Waals surface area contributed by atoms with E-state index in [0.29, 0.717) is 47.8 Å². The number of amides is 3. The third-order valence-corrected chi connectivity index (χ3v) is 7.00. The highest BCUT2D eigenvalue weighted by Crippen LogP contribution is 2.34. The molecule has 1 atom stereocenters. The van der Waals surface area contributed by atoms with Gasteiger partial charge in [0.25, 0.3) is 0 Å². The Morgan fingerprint density at radius 3 is 2.79 bits per heavy atom. The van der Waals surface area contributed by atoms with Gasteiger partial charge in [0.05, 0.1) is 0 Å². The molecule has 3 heterocycles. The molecule has 0 bridgehead atoms. The fraction of sp³-hybridized carbons (Fsp3) is 0.429. The molecule has 1 saturated heterocycles. The molecule has 3 amide bonds. The molecule has 1 aromatic carbocycles. The molecule has 11 nitrogen and oxygen atoms in total. The Morgan fingerprint density at radius 1 is 1.21 bits per heavy atom. The molecule has 2 aromatic heterocycles. The summed E-state index contributed by atoms with van der Waals surface area (Å²) in [6.07, 6.45) is 9.70. The fourth-order valence-electron chi connectivity index (χ4n) is 4.76. The van der Waals surface area contributed by atoms with Crippen molar-refractivity contribution in [3.8, 4) is 11.5 Å². The Morgan fingerprint density at radius 2 is 2.03 bits per heavy atom. The molecule has 0 radical (unpaired) electrons. The van der Waals surface area contributed by atoms with Crippen molar-refractivity contribution in [1.29, 1.82) is 0 Å². The maximum atomic E-state index is 12.8. The van der Waals surface area contributed by atoms with Crippen molar-refractivity contribution in [2.24, 2.45) is 0 Å². The number of pyridine rings is 1. The molecule has 1 aliphatic heterocycles. The smallest absolute Gasteiger partial charge is 0.319 e. The van der Waals surface area contributed by atoms with Crippen molar-refractivity contribution >= 4 is 34.5 Å². The van der Waals surface area contributed by atoms with Crippen LogP contribution < -0.4 is 20.7 Å².